The van der Waals surface area contributed by atoms with Gasteiger partial charge in [0.15, 0.2) is 0 Å². The number of aliphatic carboxylic acids is 1. The largest absolute Gasteiger partial charge is 0.480 e. The lowest BCUT2D eigenvalue weighted by molar-refractivity contribution is -0.139. The molecule has 1 amide bonds. The molecule has 0 radical (unpaired) electrons. The topological polar surface area (TPSA) is 92.4 Å². The van der Waals surface area contributed by atoms with E-state index >= 15 is 0 Å². The highest BCUT2D eigenvalue weighted by Crippen LogP contribution is 2.31. The number of carboxylic acid groups (broad SMARTS) is 1. The molecule has 37 heavy (non-hydrogen) atoms. The zero-order chi connectivity index (χ0) is 26.6. The monoisotopic (exact) mass is 504 g/mol. The van der Waals surface area contributed by atoms with Crippen molar-refractivity contribution in [2.75, 3.05) is 5.73 Å². The van der Waals surface area contributed by atoms with Crippen LogP contribution in [0.5, 0.6) is 0 Å². The Balaban J connectivity index is 1.41. The van der Waals surface area contributed by atoms with Crippen LogP contribution in [0, 0.1) is 0 Å². The van der Waals surface area contributed by atoms with E-state index < -0.39 is 29.7 Å². The fourth-order valence-corrected chi connectivity index (χ4v) is 3.85. The second kappa shape index (κ2) is 10.6. The van der Waals surface area contributed by atoms with Crippen LogP contribution in [-0.2, 0) is 17.4 Å². The molecule has 0 aliphatic rings. The van der Waals surface area contributed by atoms with Gasteiger partial charge in [0.25, 0.3) is 5.91 Å². The van der Waals surface area contributed by atoms with Crippen LogP contribution >= 0.6 is 0 Å². The molecule has 1 unspecified atom stereocenters. The van der Waals surface area contributed by atoms with Crippen molar-refractivity contribution in [2.45, 2.75) is 18.6 Å². The van der Waals surface area contributed by atoms with Crippen LogP contribution in [0.25, 0.3) is 22.3 Å². The lowest BCUT2D eigenvalue weighted by atomic mass is 10.00. The van der Waals surface area contributed by atoms with Crippen LogP contribution < -0.4 is 11.1 Å². The third-order valence-electron chi connectivity index (χ3n) is 5.93. The highest BCUT2D eigenvalue weighted by molar-refractivity contribution is 5.97. The van der Waals surface area contributed by atoms with Gasteiger partial charge in [0.05, 0.1) is 5.56 Å². The van der Waals surface area contributed by atoms with Crippen molar-refractivity contribution in [3.05, 3.63) is 114 Å². The fraction of sp³-hybridized carbons (Fsp3) is 0.103. The SMILES string of the molecule is Nc1ccc(-c2ccc(CC(NC(=O)c3ccc(-c4ccc(C(F)(F)F)cc4)cc3)C(=O)O)cc2)cc1. The maximum atomic E-state index is 12.8. The Hall–Kier alpha value is -4.59. The number of rotatable bonds is 7. The molecule has 4 N–H and O–H groups in total. The number of carbonyl (C=O) groups excluding carboxylic acids is 1. The van der Waals surface area contributed by atoms with Crippen LogP contribution in [0.2, 0.25) is 0 Å². The van der Waals surface area contributed by atoms with Crippen LogP contribution in [0.1, 0.15) is 21.5 Å². The minimum Gasteiger partial charge on any atom is -0.480 e. The minimum atomic E-state index is -4.42. The Morgan fingerprint density at radius 3 is 1.62 bits per heavy atom. The second-order valence-corrected chi connectivity index (χ2v) is 8.54. The smallest absolute Gasteiger partial charge is 0.416 e. The quantitative estimate of drug-likeness (QED) is 0.267. The number of nitrogens with two attached hydrogens (primary N) is 1. The van der Waals surface area contributed by atoms with Crippen molar-refractivity contribution in [3.8, 4) is 22.3 Å². The predicted molar refractivity (Wildman–Crippen MR) is 136 cm³/mol. The molecule has 0 aliphatic heterocycles. The van der Waals surface area contributed by atoms with Gasteiger partial charge >= 0.3 is 12.1 Å². The molecule has 0 fully saturated rings. The van der Waals surface area contributed by atoms with E-state index in [-0.39, 0.29) is 12.0 Å². The first-order valence-corrected chi connectivity index (χ1v) is 11.4. The molecule has 0 aromatic heterocycles. The number of hydrogen-bond acceptors (Lipinski definition) is 3. The zero-order valence-corrected chi connectivity index (χ0v) is 19.5. The number of carboxylic acids is 1. The van der Waals surface area contributed by atoms with E-state index in [9.17, 15) is 27.9 Å². The minimum absolute atomic E-state index is 0.0900. The van der Waals surface area contributed by atoms with Crippen molar-refractivity contribution in [1.82, 2.24) is 5.32 Å². The number of halogens is 3. The van der Waals surface area contributed by atoms with Crippen molar-refractivity contribution < 1.29 is 27.9 Å². The molecule has 5 nitrogen and oxygen atoms in total. The predicted octanol–water partition coefficient (Wildman–Crippen LogP) is 6.05. The van der Waals surface area contributed by atoms with E-state index in [1.807, 2.05) is 36.4 Å². The normalized spacial score (nSPS) is 12.1. The summed E-state index contributed by atoms with van der Waals surface area (Å²) in [5.41, 5.74) is 9.73. The third-order valence-corrected chi connectivity index (χ3v) is 5.93. The first kappa shape index (κ1) is 25.5. The fourth-order valence-electron chi connectivity index (χ4n) is 3.85. The Kier molecular flexibility index (Phi) is 7.29. The number of amides is 1. The van der Waals surface area contributed by atoms with E-state index in [1.165, 1.54) is 24.3 Å². The van der Waals surface area contributed by atoms with Crippen LogP contribution in [0.15, 0.2) is 97.1 Å². The summed E-state index contributed by atoms with van der Waals surface area (Å²) in [6.07, 6.45) is -4.33. The molecule has 1 atom stereocenters. The van der Waals surface area contributed by atoms with Gasteiger partial charge in [-0.25, -0.2) is 4.79 Å². The number of benzene rings is 4. The molecule has 188 valence electrons. The molecule has 8 heteroatoms. The number of alkyl halides is 3. The van der Waals surface area contributed by atoms with Gasteiger partial charge < -0.3 is 16.2 Å². The zero-order valence-electron chi connectivity index (χ0n) is 19.5. The van der Waals surface area contributed by atoms with Crippen molar-refractivity contribution in [2.24, 2.45) is 0 Å². The number of hydrogen-bond donors (Lipinski definition) is 3. The van der Waals surface area contributed by atoms with Gasteiger partial charge in [0, 0.05) is 17.7 Å². The molecule has 4 aromatic rings. The van der Waals surface area contributed by atoms with Crippen LogP contribution in [-0.4, -0.2) is 23.0 Å². The molecule has 4 rings (SSSR count). The summed E-state index contributed by atoms with van der Waals surface area (Å²) in [6, 6.07) is 24.5. The third kappa shape index (κ3) is 6.35. The number of carbonyl (C=O) groups is 2. The van der Waals surface area contributed by atoms with Crippen molar-refractivity contribution in [3.63, 3.8) is 0 Å². The van der Waals surface area contributed by atoms with E-state index in [0.29, 0.717) is 16.8 Å². The van der Waals surface area contributed by atoms with Gasteiger partial charge in [-0.3, -0.25) is 4.79 Å². The van der Waals surface area contributed by atoms with Gasteiger partial charge in [-0.1, -0.05) is 60.7 Å². The summed E-state index contributed by atoms with van der Waals surface area (Å²) in [4.78, 5) is 24.5. The Morgan fingerprint density at radius 1 is 0.730 bits per heavy atom. The van der Waals surface area contributed by atoms with Gasteiger partial charge in [-0.2, -0.15) is 13.2 Å². The van der Waals surface area contributed by atoms with Gasteiger partial charge in [0.2, 0.25) is 0 Å². The summed E-state index contributed by atoms with van der Waals surface area (Å²) in [7, 11) is 0. The molecule has 0 aliphatic carbocycles. The number of anilines is 1. The maximum Gasteiger partial charge on any atom is 0.416 e. The van der Waals surface area contributed by atoms with Crippen LogP contribution in [0.3, 0.4) is 0 Å². The number of nitrogens with one attached hydrogen (secondary N) is 1. The molecule has 0 saturated heterocycles. The average Bonchev–Trinajstić information content (AvgIpc) is 2.89. The van der Waals surface area contributed by atoms with E-state index in [0.717, 1.165) is 28.8 Å². The van der Waals surface area contributed by atoms with Crippen molar-refractivity contribution in [1.29, 1.82) is 0 Å². The summed E-state index contributed by atoms with van der Waals surface area (Å²) in [5.74, 6) is -1.73. The molecule has 4 aromatic carbocycles. The summed E-state index contributed by atoms with van der Waals surface area (Å²) in [6.45, 7) is 0. The highest BCUT2D eigenvalue weighted by Gasteiger charge is 2.30. The standard InChI is InChI=1S/C29H23F3N2O3/c30-29(31,32)24-13-9-21(10-14-24)20-5-7-23(8-6-20)27(35)34-26(28(36)37)17-18-1-3-19(4-2-18)22-11-15-25(33)16-12-22/h1-16,26H,17,33H2,(H,34,35)(H,36,37). The molecular formula is C29H23F3N2O3. The molecule has 0 saturated carbocycles. The Morgan fingerprint density at radius 2 is 1.16 bits per heavy atom. The molecular weight excluding hydrogens is 481 g/mol. The lowest BCUT2D eigenvalue weighted by Gasteiger charge is -2.15. The Labute approximate surface area is 211 Å². The number of nitrogen functional groups attached to an aromatic ring is 1. The first-order chi connectivity index (χ1) is 17.6. The average molecular weight is 505 g/mol. The Bertz CT molecular complexity index is 1380. The van der Waals surface area contributed by atoms with Crippen LogP contribution in [0.4, 0.5) is 18.9 Å². The first-order valence-electron chi connectivity index (χ1n) is 11.4. The molecule has 0 spiro atoms. The van der Waals surface area contributed by atoms with E-state index in [2.05, 4.69) is 5.32 Å². The summed E-state index contributed by atoms with van der Waals surface area (Å²) < 4.78 is 38.3. The van der Waals surface area contributed by atoms with E-state index in [1.54, 1.807) is 24.3 Å². The maximum absolute atomic E-state index is 12.8. The van der Waals surface area contributed by atoms with Crippen molar-refractivity contribution >= 4 is 17.6 Å². The summed E-state index contributed by atoms with van der Waals surface area (Å²) in [5, 5.41) is 12.2. The van der Waals surface area contributed by atoms with Gasteiger partial charge in [-0.05, 0) is 64.2 Å². The molecule has 0 bridgehead atoms. The highest BCUT2D eigenvalue weighted by atomic mass is 19.4. The molecule has 0 heterocycles. The van der Waals surface area contributed by atoms with Gasteiger partial charge in [0.1, 0.15) is 6.04 Å². The van der Waals surface area contributed by atoms with Gasteiger partial charge in [-0.15, -0.1) is 0 Å². The second-order valence-electron chi connectivity index (χ2n) is 8.54. The van der Waals surface area contributed by atoms with E-state index in [4.69, 9.17) is 5.73 Å². The lowest BCUT2D eigenvalue weighted by Crippen LogP contribution is -2.42. The summed E-state index contributed by atoms with van der Waals surface area (Å²) >= 11 is 0.